The molecule has 1 aliphatic rings. The van der Waals surface area contributed by atoms with E-state index in [1.54, 1.807) is 7.11 Å². The summed E-state index contributed by atoms with van der Waals surface area (Å²) in [5.41, 5.74) is 0. The van der Waals surface area contributed by atoms with E-state index in [9.17, 15) is 0 Å². The maximum absolute atomic E-state index is 5.45. The summed E-state index contributed by atoms with van der Waals surface area (Å²) in [6.45, 7) is 2.63. The first-order valence-electron chi connectivity index (χ1n) is 4.58. The van der Waals surface area contributed by atoms with Gasteiger partial charge in [0.25, 0.3) is 0 Å². The van der Waals surface area contributed by atoms with E-state index in [2.05, 4.69) is 0 Å². The Kier molecular flexibility index (Phi) is 4.57. The van der Waals surface area contributed by atoms with Crippen molar-refractivity contribution in [2.24, 2.45) is 0 Å². The first-order chi connectivity index (χ1) is 6.69. The second kappa shape index (κ2) is 5.48. The Balaban J connectivity index is 2.54. The van der Waals surface area contributed by atoms with Crippen LogP contribution in [0.2, 0.25) is 0 Å². The van der Waals surface area contributed by atoms with Gasteiger partial charge in [0.1, 0.15) is 0 Å². The van der Waals surface area contributed by atoms with Gasteiger partial charge in [0.2, 0.25) is 0 Å². The van der Waals surface area contributed by atoms with Crippen molar-refractivity contribution < 1.29 is 18.9 Å². The van der Waals surface area contributed by atoms with Crippen LogP contribution >= 0.6 is 12.2 Å². The van der Waals surface area contributed by atoms with Gasteiger partial charge in [-0.05, 0) is 6.92 Å². The van der Waals surface area contributed by atoms with Crippen molar-refractivity contribution in [1.29, 1.82) is 0 Å². The Morgan fingerprint density at radius 2 is 2.14 bits per heavy atom. The molecule has 1 saturated heterocycles. The number of thiocarbonyl (C=S) groups is 1. The molecule has 1 fully saturated rings. The second-order valence-corrected chi connectivity index (χ2v) is 3.51. The zero-order valence-corrected chi connectivity index (χ0v) is 9.50. The Hall–Kier alpha value is -0.390. The number of hydrogen-bond donors (Lipinski definition) is 0. The zero-order chi connectivity index (χ0) is 10.6. The molecule has 82 valence electrons. The Bertz CT molecular complexity index is 197. The van der Waals surface area contributed by atoms with Crippen LogP contribution < -0.4 is 0 Å². The van der Waals surface area contributed by atoms with E-state index in [4.69, 9.17) is 31.2 Å². The topological polar surface area (TPSA) is 36.9 Å². The van der Waals surface area contributed by atoms with E-state index in [1.165, 1.54) is 7.11 Å². The van der Waals surface area contributed by atoms with E-state index >= 15 is 0 Å². The molecule has 0 amide bonds. The summed E-state index contributed by atoms with van der Waals surface area (Å²) in [5.74, 6) is 0. The van der Waals surface area contributed by atoms with Gasteiger partial charge in [0.05, 0.1) is 19.3 Å². The molecule has 0 N–H and O–H groups in total. The Morgan fingerprint density at radius 1 is 1.43 bits per heavy atom. The molecule has 1 heterocycles. The predicted octanol–water partition coefficient (Wildman–Crippen LogP) is 1.13. The van der Waals surface area contributed by atoms with Crippen LogP contribution in [-0.2, 0) is 18.9 Å². The molecule has 0 radical (unpaired) electrons. The average Bonchev–Trinajstić information content (AvgIpc) is 2.20. The maximum Gasteiger partial charge on any atom is 0.352 e. The van der Waals surface area contributed by atoms with Crippen LogP contribution in [0.25, 0.3) is 0 Å². The molecular formula is C9H16O4S. The number of rotatable bonds is 2. The van der Waals surface area contributed by atoms with Crippen molar-refractivity contribution in [3.63, 3.8) is 0 Å². The van der Waals surface area contributed by atoms with E-state index in [0.29, 0.717) is 6.61 Å². The molecule has 0 aromatic heterocycles. The molecule has 4 nitrogen and oxygen atoms in total. The Morgan fingerprint density at radius 3 is 2.71 bits per heavy atom. The van der Waals surface area contributed by atoms with Crippen LogP contribution in [0.15, 0.2) is 0 Å². The largest absolute Gasteiger partial charge is 0.460 e. The van der Waals surface area contributed by atoms with Crippen molar-refractivity contribution in [2.75, 3.05) is 20.8 Å². The minimum atomic E-state index is -0.179. The highest BCUT2D eigenvalue weighted by atomic mass is 32.1. The van der Waals surface area contributed by atoms with Crippen LogP contribution in [-0.4, -0.2) is 44.4 Å². The molecule has 0 bridgehead atoms. The van der Waals surface area contributed by atoms with Gasteiger partial charge in [-0.15, -0.1) is 0 Å². The molecule has 1 rings (SSSR count). The number of methoxy groups -OCH3 is 2. The van der Waals surface area contributed by atoms with Gasteiger partial charge in [-0.2, -0.15) is 0 Å². The van der Waals surface area contributed by atoms with E-state index in [0.717, 1.165) is 6.42 Å². The van der Waals surface area contributed by atoms with Crippen LogP contribution in [0.1, 0.15) is 13.3 Å². The highest BCUT2D eigenvalue weighted by molar-refractivity contribution is 7.79. The SMILES string of the molecule is COC(=S)O[C@H]1[C@H](C)OCC[C@@H]1OC. The molecule has 3 atom stereocenters. The standard InChI is InChI=1S/C9H16O4S/c1-6-8(13-9(14)11-3)7(10-2)4-5-12-6/h6-8H,4-5H2,1-3H3/t6-,7-,8-/m0/s1. The summed E-state index contributed by atoms with van der Waals surface area (Å²) >= 11 is 4.83. The molecule has 0 aromatic rings. The van der Waals surface area contributed by atoms with E-state index in [1.807, 2.05) is 6.92 Å². The maximum atomic E-state index is 5.45. The van der Waals surface area contributed by atoms with Crippen LogP contribution in [0.5, 0.6) is 0 Å². The molecule has 0 aromatic carbocycles. The monoisotopic (exact) mass is 220 g/mol. The van der Waals surface area contributed by atoms with Crippen LogP contribution in [0, 0.1) is 0 Å². The summed E-state index contributed by atoms with van der Waals surface area (Å²) in [7, 11) is 3.15. The summed E-state index contributed by atoms with van der Waals surface area (Å²) < 4.78 is 21.0. The zero-order valence-electron chi connectivity index (χ0n) is 8.69. The fourth-order valence-corrected chi connectivity index (χ4v) is 1.63. The van der Waals surface area contributed by atoms with Gasteiger partial charge >= 0.3 is 5.24 Å². The fraction of sp³-hybridized carbons (Fsp3) is 0.889. The number of hydrogen-bond acceptors (Lipinski definition) is 5. The summed E-state index contributed by atoms with van der Waals surface area (Å²) in [4.78, 5) is 0. The van der Waals surface area contributed by atoms with Gasteiger partial charge in [-0.25, -0.2) is 0 Å². The van der Waals surface area contributed by atoms with E-state index in [-0.39, 0.29) is 23.5 Å². The van der Waals surface area contributed by atoms with Crippen molar-refractivity contribution in [1.82, 2.24) is 0 Å². The fourth-order valence-electron chi connectivity index (χ4n) is 1.51. The smallest absolute Gasteiger partial charge is 0.352 e. The molecular weight excluding hydrogens is 204 g/mol. The van der Waals surface area contributed by atoms with Crippen molar-refractivity contribution in [2.45, 2.75) is 31.7 Å². The Labute approximate surface area is 89.5 Å². The third-order valence-electron chi connectivity index (χ3n) is 2.31. The van der Waals surface area contributed by atoms with Gasteiger partial charge in [0, 0.05) is 32.4 Å². The lowest BCUT2D eigenvalue weighted by atomic mass is 10.0. The summed E-state index contributed by atoms with van der Waals surface area (Å²) in [6, 6.07) is 0. The highest BCUT2D eigenvalue weighted by Crippen LogP contribution is 2.20. The lowest BCUT2D eigenvalue weighted by Gasteiger charge is -2.34. The first kappa shape index (κ1) is 11.7. The van der Waals surface area contributed by atoms with E-state index < -0.39 is 0 Å². The molecule has 14 heavy (non-hydrogen) atoms. The van der Waals surface area contributed by atoms with Crippen LogP contribution in [0.4, 0.5) is 0 Å². The summed E-state index contributed by atoms with van der Waals surface area (Å²) in [5, 5.41) is 0.134. The average molecular weight is 220 g/mol. The first-order valence-corrected chi connectivity index (χ1v) is 4.99. The lowest BCUT2D eigenvalue weighted by molar-refractivity contribution is -0.137. The molecule has 1 aliphatic heterocycles. The molecule has 0 unspecified atom stereocenters. The van der Waals surface area contributed by atoms with Gasteiger partial charge < -0.3 is 18.9 Å². The molecule has 0 aliphatic carbocycles. The third kappa shape index (κ3) is 2.80. The van der Waals surface area contributed by atoms with Crippen LogP contribution in [0.3, 0.4) is 0 Å². The minimum Gasteiger partial charge on any atom is -0.460 e. The third-order valence-corrected chi connectivity index (χ3v) is 2.58. The molecule has 5 heteroatoms. The van der Waals surface area contributed by atoms with Crippen molar-refractivity contribution >= 4 is 17.5 Å². The molecule has 0 saturated carbocycles. The number of ether oxygens (including phenoxy) is 4. The normalized spacial score (nSPS) is 32.4. The molecule has 0 spiro atoms. The highest BCUT2D eigenvalue weighted by Gasteiger charge is 2.34. The minimum absolute atomic E-state index is 0.0202. The van der Waals surface area contributed by atoms with Gasteiger partial charge in [0.15, 0.2) is 6.10 Å². The summed E-state index contributed by atoms with van der Waals surface area (Å²) in [6.07, 6.45) is 0.632. The van der Waals surface area contributed by atoms with Gasteiger partial charge in [-0.3, -0.25) is 0 Å². The lowest BCUT2D eigenvalue weighted by Crippen LogP contribution is -2.46. The van der Waals surface area contributed by atoms with Crippen molar-refractivity contribution in [3.8, 4) is 0 Å². The van der Waals surface area contributed by atoms with Crippen molar-refractivity contribution in [3.05, 3.63) is 0 Å². The predicted molar refractivity (Wildman–Crippen MR) is 55.3 cm³/mol. The second-order valence-electron chi connectivity index (χ2n) is 3.18. The quantitative estimate of drug-likeness (QED) is 0.652. The van der Waals surface area contributed by atoms with Gasteiger partial charge in [-0.1, -0.05) is 0 Å².